The Hall–Kier alpha value is -0.640. The first-order valence-corrected chi connectivity index (χ1v) is 5.52. The van der Waals surface area contributed by atoms with Gasteiger partial charge in [-0.1, -0.05) is 15.9 Å². The van der Waals surface area contributed by atoms with Gasteiger partial charge in [-0.2, -0.15) is 0 Å². The molecule has 1 aromatic carbocycles. The summed E-state index contributed by atoms with van der Waals surface area (Å²) < 4.78 is 25.7. The highest BCUT2D eigenvalue weighted by Gasteiger charge is 2.16. The molecule has 1 atom stereocenters. The molecule has 1 nitrogen and oxygen atoms in total. The Labute approximate surface area is 97.0 Å². The van der Waals surface area contributed by atoms with E-state index in [2.05, 4.69) is 21.2 Å². The Morgan fingerprint density at radius 3 is 2.07 bits per heavy atom. The zero-order chi connectivity index (χ0) is 11.6. The number of benzene rings is 1. The largest absolute Gasteiger partial charge is 0.376 e. The lowest BCUT2D eigenvalue weighted by Gasteiger charge is -2.18. The predicted octanol–water partition coefficient (Wildman–Crippen LogP) is 4.13. The van der Waals surface area contributed by atoms with E-state index in [0.717, 1.165) is 21.3 Å². The van der Waals surface area contributed by atoms with E-state index < -0.39 is 12.5 Å². The van der Waals surface area contributed by atoms with Crippen LogP contribution >= 0.6 is 15.9 Å². The molecule has 1 rings (SSSR count). The molecule has 1 aromatic rings. The van der Waals surface area contributed by atoms with E-state index in [9.17, 15) is 8.78 Å². The second-order valence-corrected chi connectivity index (χ2v) is 4.60. The molecule has 0 radical (unpaired) electrons. The Bertz CT molecular complexity index is 329. The number of rotatable bonds is 3. The third kappa shape index (κ3) is 3.16. The van der Waals surface area contributed by atoms with Gasteiger partial charge in [0.2, 0.25) is 0 Å². The maximum absolute atomic E-state index is 12.4. The van der Waals surface area contributed by atoms with E-state index in [4.69, 9.17) is 0 Å². The van der Waals surface area contributed by atoms with E-state index in [0.29, 0.717) is 0 Å². The summed E-state index contributed by atoms with van der Waals surface area (Å²) in [5.74, 6) is 0. The summed E-state index contributed by atoms with van der Waals surface area (Å²) in [5.41, 5.74) is 2.73. The van der Waals surface area contributed by atoms with Crippen molar-refractivity contribution in [3.05, 3.63) is 27.7 Å². The summed E-state index contributed by atoms with van der Waals surface area (Å²) in [4.78, 5) is 0. The van der Waals surface area contributed by atoms with Gasteiger partial charge in [-0.05, 0) is 44.0 Å². The highest BCUT2D eigenvalue weighted by atomic mass is 79.9. The van der Waals surface area contributed by atoms with E-state index in [1.807, 2.05) is 26.0 Å². The van der Waals surface area contributed by atoms with Crippen molar-refractivity contribution in [3.8, 4) is 0 Å². The number of nitrogens with one attached hydrogen (secondary N) is 1. The van der Waals surface area contributed by atoms with Gasteiger partial charge in [0, 0.05) is 10.2 Å². The molecule has 84 valence electrons. The highest BCUT2D eigenvalue weighted by molar-refractivity contribution is 9.10. The summed E-state index contributed by atoms with van der Waals surface area (Å²) >= 11 is 3.37. The Morgan fingerprint density at radius 1 is 1.20 bits per heavy atom. The monoisotopic (exact) mass is 277 g/mol. The van der Waals surface area contributed by atoms with Crippen molar-refractivity contribution in [2.45, 2.75) is 33.2 Å². The van der Waals surface area contributed by atoms with E-state index in [1.54, 1.807) is 0 Å². The van der Waals surface area contributed by atoms with Gasteiger partial charge in [0.05, 0.1) is 6.04 Å². The summed E-state index contributed by atoms with van der Waals surface area (Å²) in [5, 5.41) is 2.83. The number of anilines is 1. The van der Waals surface area contributed by atoms with Gasteiger partial charge in [-0.3, -0.25) is 0 Å². The van der Waals surface area contributed by atoms with Gasteiger partial charge in [0.1, 0.15) is 0 Å². The molecule has 0 bridgehead atoms. The van der Waals surface area contributed by atoms with Crippen LogP contribution in [0.1, 0.15) is 18.1 Å². The summed E-state index contributed by atoms with van der Waals surface area (Å²) in [6.07, 6.45) is -2.35. The molecule has 1 N–H and O–H groups in total. The van der Waals surface area contributed by atoms with Crippen molar-refractivity contribution in [3.63, 3.8) is 0 Å². The van der Waals surface area contributed by atoms with Crippen LogP contribution in [0.2, 0.25) is 0 Å². The van der Waals surface area contributed by atoms with E-state index in [-0.39, 0.29) is 0 Å². The fraction of sp³-hybridized carbons (Fsp3) is 0.455. The van der Waals surface area contributed by atoms with Crippen molar-refractivity contribution < 1.29 is 8.78 Å². The molecule has 0 fully saturated rings. The molecular formula is C11H14BrF2N. The molecule has 1 unspecified atom stereocenters. The minimum atomic E-state index is -2.35. The molecule has 15 heavy (non-hydrogen) atoms. The van der Waals surface area contributed by atoms with Crippen LogP contribution in [0.15, 0.2) is 16.6 Å². The van der Waals surface area contributed by atoms with E-state index >= 15 is 0 Å². The number of aryl methyl sites for hydroxylation is 2. The molecule has 4 heteroatoms. The van der Waals surface area contributed by atoms with Gasteiger partial charge in [0.25, 0.3) is 6.43 Å². The Balaban J connectivity index is 2.95. The summed E-state index contributed by atoms with van der Waals surface area (Å²) in [7, 11) is 0. The van der Waals surface area contributed by atoms with Crippen molar-refractivity contribution in [2.24, 2.45) is 0 Å². The first-order chi connectivity index (χ1) is 6.91. The number of hydrogen-bond donors (Lipinski definition) is 1. The van der Waals surface area contributed by atoms with Crippen LogP contribution in [0.25, 0.3) is 0 Å². The van der Waals surface area contributed by atoms with Gasteiger partial charge in [-0.15, -0.1) is 0 Å². The highest BCUT2D eigenvalue weighted by Crippen LogP contribution is 2.26. The molecule has 0 heterocycles. The van der Waals surface area contributed by atoms with Crippen LogP contribution in [0.4, 0.5) is 14.5 Å². The first-order valence-electron chi connectivity index (χ1n) is 4.73. The third-order valence-corrected chi connectivity index (χ3v) is 2.71. The predicted molar refractivity (Wildman–Crippen MR) is 62.7 cm³/mol. The minimum Gasteiger partial charge on any atom is -0.376 e. The lowest BCUT2D eigenvalue weighted by atomic mass is 10.1. The van der Waals surface area contributed by atoms with Crippen molar-refractivity contribution in [1.29, 1.82) is 0 Å². The molecular weight excluding hydrogens is 264 g/mol. The second kappa shape index (κ2) is 4.92. The topological polar surface area (TPSA) is 12.0 Å². The second-order valence-electron chi connectivity index (χ2n) is 3.68. The minimum absolute atomic E-state index is 0.797. The van der Waals surface area contributed by atoms with Crippen LogP contribution in [0.3, 0.4) is 0 Å². The van der Waals surface area contributed by atoms with Crippen LogP contribution in [0.5, 0.6) is 0 Å². The zero-order valence-corrected chi connectivity index (χ0v) is 10.5. The third-order valence-electron chi connectivity index (χ3n) is 2.25. The molecule has 0 aliphatic carbocycles. The first kappa shape index (κ1) is 12.4. The fourth-order valence-corrected chi connectivity index (χ4v) is 2.12. The standard InChI is InChI=1S/C11H14BrF2N/c1-6-4-9(12)5-7(2)10(6)15-8(3)11(13)14/h4-5,8,11,15H,1-3H3. The lowest BCUT2D eigenvalue weighted by Crippen LogP contribution is -2.24. The van der Waals surface area contributed by atoms with Gasteiger partial charge < -0.3 is 5.32 Å². The Kier molecular flexibility index (Phi) is 4.08. The maximum atomic E-state index is 12.4. The number of hydrogen-bond acceptors (Lipinski definition) is 1. The molecule has 0 aromatic heterocycles. The Morgan fingerprint density at radius 2 is 1.67 bits per heavy atom. The lowest BCUT2D eigenvalue weighted by molar-refractivity contribution is 0.130. The quantitative estimate of drug-likeness (QED) is 0.876. The van der Waals surface area contributed by atoms with Crippen LogP contribution in [0, 0.1) is 13.8 Å². The molecule has 0 saturated heterocycles. The molecule has 0 aliphatic rings. The SMILES string of the molecule is Cc1cc(Br)cc(C)c1NC(C)C(F)F. The smallest absolute Gasteiger partial charge is 0.258 e. The van der Waals surface area contributed by atoms with Crippen molar-refractivity contribution in [2.75, 3.05) is 5.32 Å². The van der Waals surface area contributed by atoms with Gasteiger partial charge in [0.15, 0.2) is 0 Å². The molecule has 0 amide bonds. The van der Waals surface area contributed by atoms with Gasteiger partial charge >= 0.3 is 0 Å². The van der Waals surface area contributed by atoms with Crippen molar-refractivity contribution in [1.82, 2.24) is 0 Å². The fourth-order valence-electron chi connectivity index (χ4n) is 1.43. The summed E-state index contributed by atoms with van der Waals surface area (Å²) in [6, 6.07) is 2.99. The molecule has 0 saturated carbocycles. The normalized spacial score (nSPS) is 13.0. The average Bonchev–Trinajstić information content (AvgIpc) is 2.10. The number of halogens is 3. The maximum Gasteiger partial charge on any atom is 0.258 e. The van der Waals surface area contributed by atoms with Crippen LogP contribution < -0.4 is 5.32 Å². The van der Waals surface area contributed by atoms with E-state index in [1.165, 1.54) is 6.92 Å². The van der Waals surface area contributed by atoms with Crippen LogP contribution in [-0.2, 0) is 0 Å². The summed E-state index contributed by atoms with van der Waals surface area (Å²) in [6.45, 7) is 5.28. The van der Waals surface area contributed by atoms with Crippen molar-refractivity contribution >= 4 is 21.6 Å². The van der Waals surface area contributed by atoms with Gasteiger partial charge in [-0.25, -0.2) is 8.78 Å². The molecule has 0 spiro atoms. The number of alkyl halides is 2. The molecule has 0 aliphatic heterocycles. The van der Waals surface area contributed by atoms with Crippen LogP contribution in [-0.4, -0.2) is 12.5 Å². The average molecular weight is 278 g/mol. The zero-order valence-electron chi connectivity index (χ0n) is 8.94.